The molecule has 98 valence electrons. The Labute approximate surface area is 109 Å². The highest BCUT2D eigenvalue weighted by Crippen LogP contribution is 2.14. The predicted molar refractivity (Wildman–Crippen MR) is 70.5 cm³/mol. The first kappa shape index (κ1) is 13.0. The molecular formula is C14H14N2O3. The Morgan fingerprint density at radius 1 is 1.26 bits per heavy atom. The van der Waals surface area contributed by atoms with Crippen molar-refractivity contribution in [2.75, 3.05) is 0 Å². The van der Waals surface area contributed by atoms with E-state index in [9.17, 15) is 9.59 Å². The number of aromatic nitrogens is 2. The number of hydrogen-bond donors (Lipinski definition) is 2. The molecule has 2 rings (SSSR count). The van der Waals surface area contributed by atoms with Crippen LogP contribution in [0.25, 0.3) is 0 Å². The zero-order valence-electron chi connectivity index (χ0n) is 10.7. The van der Waals surface area contributed by atoms with E-state index in [1.54, 1.807) is 31.2 Å². The van der Waals surface area contributed by atoms with E-state index in [0.29, 0.717) is 12.0 Å². The lowest BCUT2D eigenvalue weighted by Gasteiger charge is -2.07. The third kappa shape index (κ3) is 2.88. The Balaban J connectivity index is 2.36. The normalized spacial score (nSPS) is 10.4. The first-order valence-corrected chi connectivity index (χ1v) is 5.85. The molecule has 1 aromatic carbocycles. The van der Waals surface area contributed by atoms with Crippen molar-refractivity contribution in [2.24, 2.45) is 0 Å². The summed E-state index contributed by atoms with van der Waals surface area (Å²) in [6, 6.07) is 6.64. The highest BCUT2D eigenvalue weighted by atomic mass is 16.4. The molecule has 0 aliphatic carbocycles. The maximum Gasteiger partial charge on any atom is 0.335 e. The van der Waals surface area contributed by atoms with Crippen molar-refractivity contribution >= 4 is 5.97 Å². The van der Waals surface area contributed by atoms with Crippen LogP contribution in [0.3, 0.4) is 0 Å². The van der Waals surface area contributed by atoms with Crippen LogP contribution in [-0.2, 0) is 6.42 Å². The van der Waals surface area contributed by atoms with Gasteiger partial charge in [-0.2, -0.15) is 5.10 Å². The molecule has 2 aromatic rings. The van der Waals surface area contributed by atoms with Gasteiger partial charge in [-0.1, -0.05) is 6.07 Å². The fourth-order valence-electron chi connectivity index (χ4n) is 1.92. The van der Waals surface area contributed by atoms with E-state index in [1.807, 2.05) is 6.92 Å². The first-order valence-electron chi connectivity index (χ1n) is 5.85. The number of benzene rings is 1. The molecule has 1 heterocycles. The van der Waals surface area contributed by atoms with Gasteiger partial charge in [0.05, 0.1) is 11.3 Å². The van der Waals surface area contributed by atoms with Crippen LogP contribution < -0.4 is 5.56 Å². The summed E-state index contributed by atoms with van der Waals surface area (Å²) in [6.45, 7) is 3.64. The minimum absolute atomic E-state index is 0.215. The smallest absolute Gasteiger partial charge is 0.335 e. The highest BCUT2D eigenvalue weighted by molar-refractivity contribution is 5.87. The van der Waals surface area contributed by atoms with Crippen LogP contribution in [0.1, 0.15) is 32.7 Å². The maximum atomic E-state index is 11.7. The van der Waals surface area contributed by atoms with Crippen LogP contribution in [0, 0.1) is 13.8 Å². The lowest BCUT2D eigenvalue weighted by Crippen LogP contribution is -2.15. The Morgan fingerprint density at radius 3 is 2.63 bits per heavy atom. The molecule has 2 N–H and O–H groups in total. The fourth-order valence-corrected chi connectivity index (χ4v) is 1.92. The second-order valence-electron chi connectivity index (χ2n) is 4.49. The summed E-state index contributed by atoms with van der Waals surface area (Å²) in [5.41, 5.74) is 3.19. The van der Waals surface area contributed by atoms with Crippen molar-refractivity contribution < 1.29 is 9.90 Å². The van der Waals surface area contributed by atoms with Crippen LogP contribution >= 0.6 is 0 Å². The molecule has 0 aliphatic heterocycles. The molecule has 0 amide bonds. The van der Waals surface area contributed by atoms with Gasteiger partial charge in [-0.3, -0.25) is 4.79 Å². The van der Waals surface area contributed by atoms with Gasteiger partial charge in [-0.25, -0.2) is 9.89 Å². The third-order valence-electron chi connectivity index (χ3n) is 2.98. The second kappa shape index (κ2) is 5.06. The summed E-state index contributed by atoms with van der Waals surface area (Å²) in [4.78, 5) is 22.5. The highest BCUT2D eigenvalue weighted by Gasteiger charge is 2.08. The number of carboxylic acid groups (broad SMARTS) is 1. The second-order valence-corrected chi connectivity index (χ2v) is 4.49. The summed E-state index contributed by atoms with van der Waals surface area (Å²) in [6.07, 6.45) is 0.463. The van der Waals surface area contributed by atoms with Gasteiger partial charge in [0, 0.05) is 12.0 Å². The van der Waals surface area contributed by atoms with E-state index in [2.05, 4.69) is 10.2 Å². The minimum Gasteiger partial charge on any atom is -0.478 e. The minimum atomic E-state index is -0.952. The number of carboxylic acids is 1. The van der Waals surface area contributed by atoms with Crippen molar-refractivity contribution in [1.82, 2.24) is 10.2 Å². The zero-order chi connectivity index (χ0) is 14.0. The van der Waals surface area contributed by atoms with Crippen LogP contribution in [0.4, 0.5) is 0 Å². The molecule has 5 nitrogen and oxygen atoms in total. The van der Waals surface area contributed by atoms with Gasteiger partial charge >= 0.3 is 5.97 Å². The largest absolute Gasteiger partial charge is 0.478 e. The molecule has 0 radical (unpaired) electrons. The molecule has 0 saturated carbocycles. The average Bonchev–Trinajstić information content (AvgIpc) is 2.36. The van der Waals surface area contributed by atoms with E-state index in [1.165, 1.54) is 0 Å². The number of aromatic amines is 1. The standard InChI is InChI=1S/C14H14N2O3/c1-8-5-11(14(18)19)4-3-10(8)7-12-6-9(2)15-16-13(12)17/h3-6H,7H2,1-2H3,(H,16,17)(H,18,19). The molecule has 0 saturated heterocycles. The Bertz CT molecular complexity index is 689. The molecule has 0 fully saturated rings. The summed E-state index contributed by atoms with van der Waals surface area (Å²) in [5, 5.41) is 15.2. The summed E-state index contributed by atoms with van der Waals surface area (Å²) < 4.78 is 0. The van der Waals surface area contributed by atoms with Gasteiger partial charge in [-0.05, 0) is 43.2 Å². The van der Waals surface area contributed by atoms with E-state index in [4.69, 9.17) is 5.11 Å². The summed E-state index contributed by atoms with van der Waals surface area (Å²) >= 11 is 0. The fraction of sp³-hybridized carbons (Fsp3) is 0.214. The Morgan fingerprint density at radius 2 is 2.00 bits per heavy atom. The van der Waals surface area contributed by atoms with Crippen molar-refractivity contribution in [3.8, 4) is 0 Å². The molecule has 0 aliphatic rings. The summed E-state index contributed by atoms with van der Waals surface area (Å²) in [5.74, 6) is -0.952. The molecule has 0 atom stereocenters. The van der Waals surface area contributed by atoms with Crippen LogP contribution in [0.5, 0.6) is 0 Å². The molecule has 5 heteroatoms. The van der Waals surface area contributed by atoms with Gasteiger partial charge in [0.2, 0.25) is 0 Å². The van der Waals surface area contributed by atoms with E-state index in [0.717, 1.165) is 16.8 Å². The van der Waals surface area contributed by atoms with Crippen LogP contribution in [0.2, 0.25) is 0 Å². The average molecular weight is 258 g/mol. The zero-order valence-corrected chi connectivity index (χ0v) is 10.7. The number of aryl methyl sites for hydroxylation is 2. The van der Waals surface area contributed by atoms with Gasteiger partial charge in [0.25, 0.3) is 5.56 Å². The number of aromatic carboxylic acids is 1. The van der Waals surface area contributed by atoms with Gasteiger partial charge < -0.3 is 5.11 Å². The quantitative estimate of drug-likeness (QED) is 0.877. The van der Waals surface area contributed by atoms with Crippen molar-refractivity contribution in [2.45, 2.75) is 20.3 Å². The Kier molecular flexibility index (Phi) is 3.46. The SMILES string of the molecule is Cc1cc(Cc2ccc(C(=O)O)cc2C)c(=O)[nH]n1. The van der Waals surface area contributed by atoms with Crippen LogP contribution in [-0.4, -0.2) is 21.3 Å². The van der Waals surface area contributed by atoms with Crippen LogP contribution in [0.15, 0.2) is 29.1 Å². The number of rotatable bonds is 3. The number of nitrogens with one attached hydrogen (secondary N) is 1. The van der Waals surface area contributed by atoms with Crippen molar-refractivity contribution in [3.63, 3.8) is 0 Å². The molecule has 0 bridgehead atoms. The lowest BCUT2D eigenvalue weighted by atomic mass is 9.99. The summed E-state index contributed by atoms with van der Waals surface area (Å²) in [7, 11) is 0. The molecular weight excluding hydrogens is 244 g/mol. The van der Waals surface area contributed by atoms with E-state index >= 15 is 0 Å². The molecule has 1 aromatic heterocycles. The van der Waals surface area contributed by atoms with Crippen molar-refractivity contribution in [1.29, 1.82) is 0 Å². The number of H-pyrrole nitrogens is 1. The topological polar surface area (TPSA) is 83.0 Å². The van der Waals surface area contributed by atoms with Gasteiger partial charge in [0.15, 0.2) is 0 Å². The molecule has 0 unspecified atom stereocenters. The number of carbonyl (C=O) groups is 1. The number of hydrogen-bond acceptors (Lipinski definition) is 3. The van der Waals surface area contributed by atoms with E-state index in [-0.39, 0.29) is 11.1 Å². The number of nitrogens with zero attached hydrogens (tertiary/aromatic N) is 1. The monoisotopic (exact) mass is 258 g/mol. The lowest BCUT2D eigenvalue weighted by molar-refractivity contribution is 0.0697. The van der Waals surface area contributed by atoms with Gasteiger partial charge in [0.1, 0.15) is 0 Å². The van der Waals surface area contributed by atoms with Gasteiger partial charge in [-0.15, -0.1) is 0 Å². The maximum absolute atomic E-state index is 11.7. The third-order valence-corrected chi connectivity index (χ3v) is 2.98. The molecule has 0 spiro atoms. The van der Waals surface area contributed by atoms with Crippen molar-refractivity contribution in [3.05, 3.63) is 62.6 Å². The predicted octanol–water partition coefficient (Wildman–Crippen LogP) is 1.68. The first-order chi connectivity index (χ1) is 8.97. The Hall–Kier alpha value is -2.43. The molecule has 19 heavy (non-hydrogen) atoms. The van der Waals surface area contributed by atoms with E-state index < -0.39 is 5.97 Å².